The number of fused-ring (bicyclic) bond motifs is 1. The zero-order chi connectivity index (χ0) is 19.0. The van der Waals surface area contributed by atoms with Gasteiger partial charge in [-0.3, -0.25) is 4.79 Å². The largest absolute Gasteiger partial charge is 0.458 e. The molecule has 5 nitrogen and oxygen atoms in total. The number of nitrogens with zero attached hydrogens (tertiary/aromatic N) is 1. The number of H-pyrrole nitrogens is 1. The summed E-state index contributed by atoms with van der Waals surface area (Å²) in [7, 11) is 4.01. The van der Waals surface area contributed by atoms with E-state index in [-0.39, 0.29) is 17.8 Å². The van der Waals surface area contributed by atoms with Crippen LogP contribution in [0.3, 0.4) is 0 Å². The predicted octanol–water partition coefficient (Wildman–Crippen LogP) is 3.87. The molecule has 2 aromatic rings. The van der Waals surface area contributed by atoms with E-state index < -0.39 is 5.97 Å². The van der Waals surface area contributed by atoms with Gasteiger partial charge in [0.1, 0.15) is 5.69 Å². The number of carbonyl (C=O) groups is 2. The highest BCUT2D eigenvalue weighted by Gasteiger charge is 2.32. The fourth-order valence-corrected chi connectivity index (χ4v) is 3.59. The number of rotatable bonds is 4. The van der Waals surface area contributed by atoms with Gasteiger partial charge in [-0.1, -0.05) is 12.1 Å². The number of ketones is 1. The first kappa shape index (κ1) is 18.2. The maximum atomic E-state index is 12.7. The molecule has 26 heavy (non-hydrogen) atoms. The van der Waals surface area contributed by atoms with Crippen LogP contribution in [-0.2, 0) is 11.2 Å². The topological polar surface area (TPSA) is 62.4 Å². The number of anilines is 1. The Bertz CT molecular complexity index is 832. The summed E-state index contributed by atoms with van der Waals surface area (Å²) in [5, 5.41) is 0. The monoisotopic (exact) mass is 354 g/mol. The molecular formula is C21H26N2O3. The minimum Gasteiger partial charge on any atom is -0.458 e. The second-order valence-corrected chi connectivity index (χ2v) is 7.45. The minimum atomic E-state index is -0.397. The van der Waals surface area contributed by atoms with Crippen LogP contribution in [0.5, 0.6) is 0 Å². The summed E-state index contributed by atoms with van der Waals surface area (Å²) >= 11 is 0. The van der Waals surface area contributed by atoms with E-state index in [4.69, 9.17) is 4.74 Å². The van der Waals surface area contributed by atoms with Crippen molar-refractivity contribution in [3.8, 4) is 0 Å². The highest BCUT2D eigenvalue weighted by atomic mass is 16.5. The fraction of sp³-hybridized carbons (Fsp3) is 0.429. The maximum Gasteiger partial charge on any atom is 0.355 e. The van der Waals surface area contributed by atoms with Gasteiger partial charge in [-0.05, 0) is 56.4 Å². The number of ether oxygens (including phenoxy) is 1. The van der Waals surface area contributed by atoms with E-state index in [1.54, 1.807) is 0 Å². The van der Waals surface area contributed by atoms with Gasteiger partial charge in [0, 0.05) is 37.5 Å². The Balaban J connectivity index is 1.88. The molecule has 1 aliphatic rings. The van der Waals surface area contributed by atoms with E-state index in [1.807, 2.05) is 34.9 Å². The maximum absolute atomic E-state index is 12.7. The molecule has 0 saturated carbocycles. The molecule has 1 atom stereocenters. The van der Waals surface area contributed by atoms with Crippen LogP contribution in [0.4, 0.5) is 5.69 Å². The highest BCUT2D eigenvalue weighted by molar-refractivity contribution is 6.03. The van der Waals surface area contributed by atoms with Crippen LogP contribution in [0.2, 0.25) is 0 Å². The van der Waals surface area contributed by atoms with Gasteiger partial charge in [0.05, 0.1) is 6.10 Å². The molecule has 0 radical (unpaired) electrons. The molecule has 1 N–H and O–H groups in total. The summed E-state index contributed by atoms with van der Waals surface area (Å²) in [6.45, 7) is 5.44. The molecule has 0 bridgehead atoms. The Kier molecular flexibility index (Phi) is 4.90. The van der Waals surface area contributed by atoms with Crippen LogP contribution in [0.15, 0.2) is 24.3 Å². The molecule has 1 aromatic heterocycles. The van der Waals surface area contributed by atoms with E-state index >= 15 is 0 Å². The van der Waals surface area contributed by atoms with Crippen molar-refractivity contribution < 1.29 is 14.3 Å². The molecule has 3 rings (SSSR count). The lowest BCUT2D eigenvalue weighted by atomic mass is 9.81. The van der Waals surface area contributed by atoms with Crippen molar-refractivity contribution in [3.63, 3.8) is 0 Å². The minimum absolute atomic E-state index is 0.0882. The Labute approximate surface area is 154 Å². The third kappa shape index (κ3) is 3.39. The average Bonchev–Trinajstić information content (AvgIpc) is 2.91. The van der Waals surface area contributed by atoms with E-state index in [2.05, 4.69) is 34.1 Å². The van der Waals surface area contributed by atoms with Crippen LogP contribution in [-0.4, -0.2) is 36.9 Å². The summed E-state index contributed by atoms with van der Waals surface area (Å²) in [5.74, 6) is -0.185. The molecule has 138 valence electrons. The second-order valence-electron chi connectivity index (χ2n) is 7.45. The van der Waals surface area contributed by atoms with Gasteiger partial charge >= 0.3 is 5.97 Å². The number of aromatic nitrogens is 1. The number of Topliss-reactive ketones (excluding diaryl/α,β-unsaturated/α-hetero) is 1. The number of aromatic amines is 1. The van der Waals surface area contributed by atoms with Gasteiger partial charge in [-0.2, -0.15) is 0 Å². The Morgan fingerprint density at radius 3 is 2.42 bits per heavy atom. The van der Waals surface area contributed by atoms with Gasteiger partial charge in [0.2, 0.25) is 0 Å². The van der Waals surface area contributed by atoms with Crippen molar-refractivity contribution in [3.05, 3.63) is 52.3 Å². The van der Waals surface area contributed by atoms with Gasteiger partial charge in [-0.15, -0.1) is 0 Å². The number of hydrogen-bond acceptors (Lipinski definition) is 4. The lowest BCUT2D eigenvalue weighted by molar-refractivity contribution is 0.0370. The predicted molar refractivity (Wildman–Crippen MR) is 102 cm³/mol. The zero-order valence-corrected chi connectivity index (χ0v) is 16.1. The van der Waals surface area contributed by atoms with Gasteiger partial charge in [0.15, 0.2) is 5.78 Å². The van der Waals surface area contributed by atoms with Crippen molar-refractivity contribution in [2.45, 2.75) is 45.6 Å². The molecule has 0 amide bonds. The summed E-state index contributed by atoms with van der Waals surface area (Å²) in [6, 6.07) is 8.31. The van der Waals surface area contributed by atoms with Crippen molar-refractivity contribution in [2.75, 3.05) is 19.0 Å². The molecule has 0 aliphatic heterocycles. The molecular weight excluding hydrogens is 328 g/mol. The quantitative estimate of drug-likeness (QED) is 0.847. The molecule has 0 fully saturated rings. The Hall–Kier alpha value is -2.56. The third-order valence-electron chi connectivity index (χ3n) is 4.92. The first-order valence-corrected chi connectivity index (χ1v) is 9.00. The molecule has 0 saturated heterocycles. The Morgan fingerprint density at radius 2 is 1.85 bits per heavy atom. The SMILES string of the molecule is Cc1c(C(=O)OC(C)C)[nH]c2c1C(=O)CC(c1ccc(N(C)C)cc1)C2. The van der Waals surface area contributed by atoms with E-state index in [9.17, 15) is 9.59 Å². The molecule has 1 aliphatic carbocycles. The lowest BCUT2D eigenvalue weighted by Crippen LogP contribution is -2.18. The van der Waals surface area contributed by atoms with Gasteiger partial charge in [0.25, 0.3) is 0 Å². The van der Waals surface area contributed by atoms with Crippen LogP contribution in [0, 0.1) is 6.92 Å². The second kappa shape index (κ2) is 6.98. The van der Waals surface area contributed by atoms with Crippen molar-refractivity contribution in [2.24, 2.45) is 0 Å². The fourth-order valence-electron chi connectivity index (χ4n) is 3.59. The standard InChI is InChI=1S/C21H26N2O3/c1-12(2)26-21(25)20-13(3)19-17(22-20)10-15(11-18(19)24)14-6-8-16(9-7-14)23(4)5/h6-9,12,15,22H,10-11H2,1-5H3. The lowest BCUT2D eigenvalue weighted by Gasteiger charge is -2.23. The summed E-state index contributed by atoms with van der Waals surface area (Å²) in [6.07, 6.45) is 0.991. The summed E-state index contributed by atoms with van der Waals surface area (Å²) in [4.78, 5) is 30.2. The van der Waals surface area contributed by atoms with E-state index in [0.717, 1.165) is 23.4 Å². The molecule has 1 unspecified atom stereocenters. The average molecular weight is 354 g/mol. The summed E-state index contributed by atoms with van der Waals surface area (Å²) in [5.41, 5.74) is 4.90. The highest BCUT2D eigenvalue weighted by Crippen LogP contribution is 2.35. The Morgan fingerprint density at radius 1 is 1.19 bits per heavy atom. The molecule has 5 heteroatoms. The van der Waals surface area contributed by atoms with Gasteiger partial charge in [-0.25, -0.2) is 4.79 Å². The number of benzene rings is 1. The normalized spacial score (nSPS) is 16.5. The molecule has 0 spiro atoms. The smallest absolute Gasteiger partial charge is 0.355 e. The number of esters is 1. The molecule has 1 heterocycles. The summed E-state index contributed by atoms with van der Waals surface area (Å²) < 4.78 is 5.29. The van der Waals surface area contributed by atoms with E-state index in [0.29, 0.717) is 23.2 Å². The van der Waals surface area contributed by atoms with Crippen molar-refractivity contribution in [1.29, 1.82) is 0 Å². The van der Waals surface area contributed by atoms with Crippen molar-refractivity contribution >= 4 is 17.4 Å². The number of hydrogen-bond donors (Lipinski definition) is 1. The number of nitrogens with one attached hydrogen (secondary N) is 1. The van der Waals surface area contributed by atoms with Crippen LogP contribution < -0.4 is 4.90 Å². The third-order valence-corrected chi connectivity index (χ3v) is 4.92. The van der Waals surface area contributed by atoms with E-state index in [1.165, 1.54) is 0 Å². The van der Waals surface area contributed by atoms with Crippen LogP contribution in [0.1, 0.15) is 63.9 Å². The first-order chi connectivity index (χ1) is 12.3. The molecule has 1 aromatic carbocycles. The number of carbonyl (C=O) groups excluding carboxylic acids is 2. The zero-order valence-electron chi connectivity index (χ0n) is 16.1. The van der Waals surface area contributed by atoms with Crippen LogP contribution in [0.25, 0.3) is 0 Å². The van der Waals surface area contributed by atoms with Gasteiger partial charge < -0.3 is 14.6 Å². The van der Waals surface area contributed by atoms with Crippen LogP contribution >= 0.6 is 0 Å². The first-order valence-electron chi connectivity index (χ1n) is 9.00. The van der Waals surface area contributed by atoms with Crippen molar-refractivity contribution in [1.82, 2.24) is 4.98 Å².